The lowest BCUT2D eigenvalue weighted by molar-refractivity contribution is -0.140. The van der Waals surface area contributed by atoms with E-state index >= 15 is 0 Å². The van der Waals surface area contributed by atoms with E-state index in [-0.39, 0.29) is 12.4 Å². The second-order valence-electron chi connectivity index (χ2n) is 2.56. The topological polar surface area (TPSA) is 90.1 Å². The van der Waals surface area contributed by atoms with E-state index in [4.69, 9.17) is 5.73 Å². The van der Waals surface area contributed by atoms with Crippen molar-refractivity contribution in [3.05, 3.63) is 12.3 Å². The number of nitrogens with zero attached hydrogens (tertiary/aromatic N) is 2. The molecule has 0 aromatic carbocycles. The number of nitrogens with two attached hydrogens (primary N) is 1. The zero-order valence-corrected chi connectivity index (χ0v) is 7.86. The molecule has 14 heavy (non-hydrogen) atoms. The van der Waals surface area contributed by atoms with Gasteiger partial charge in [-0.1, -0.05) is 0 Å². The van der Waals surface area contributed by atoms with Crippen LogP contribution in [0.15, 0.2) is 12.3 Å². The van der Waals surface area contributed by atoms with Crippen LogP contribution in [0.5, 0.6) is 0 Å². The van der Waals surface area contributed by atoms with Crippen LogP contribution < -0.4 is 11.1 Å². The smallest absolute Gasteiger partial charge is 0.307 e. The van der Waals surface area contributed by atoms with E-state index in [0.29, 0.717) is 18.3 Å². The average molecular weight is 196 g/mol. The van der Waals surface area contributed by atoms with Gasteiger partial charge in [0.2, 0.25) is 5.95 Å². The van der Waals surface area contributed by atoms with Gasteiger partial charge in [0.25, 0.3) is 0 Å². The average Bonchev–Trinajstić information content (AvgIpc) is 2.17. The minimum atomic E-state index is -0.276. The first kappa shape index (κ1) is 10.2. The van der Waals surface area contributed by atoms with Crippen LogP contribution in [0.1, 0.15) is 6.42 Å². The number of aromatic nitrogens is 2. The van der Waals surface area contributed by atoms with Crippen molar-refractivity contribution >= 4 is 17.7 Å². The molecule has 0 unspecified atom stereocenters. The largest absolute Gasteiger partial charge is 0.469 e. The van der Waals surface area contributed by atoms with Gasteiger partial charge in [0.05, 0.1) is 13.5 Å². The van der Waals surface area contributed by atoms with E-state index in [1.807, 2.05) is 0 Å². The number of esters is 1. The maximum Gasteiger partial charge on any atom is 0.307 e. The monoisotopic (exact) mass is 196 g/mol. The fourth-order valence-electron chi connectivity index (χ4n) is 0.836. The number of ether oxygens (including phenoxy) is 1. The number of carbonyl (C=O) groups is 1. The molecule has 3 N–H and O–H groups in total. The number of hydrogen-bond donors (Lipinski definition) is 2. The van der Waals surface area contributed by atoms with Crippen LogP contribution in [0.2, 0.25) is 0 Å². The van der Waals surface area contributed by atoms with Crippen LogP contribution in [0.4, 0.5) is 11.8 Å². The second kappa shape index (κ2) is 5.00. The van der Waals surface area contributed by atoms with E-state index in [0.717, 1.165) is 0 Å². The highest BCUT2D eigenvalue weighted by atomic mass is 16.5. The number of rotatable bonds is 4. The molecule has 0 aliphatic heterocycles. The molecule has 0 aliphatic carbocycles. The summed E-state index contributed by atoms with van der Waals surface area (Å²) in [5.41, 5.74) is 5.43. The summed E-state index contributed by atoms with van der Waals surface area (Å²) in [5, 5.41) is 2.85. The fourth-order valence-corrected chi connectivity index (χ4v) is 0.836. The van der Waals surface area contributed by atoms with Crippen molar-refractivity contribution < 1.29 is 9.53 Å². The Labute approximate surface area is 81.5 Å². The van der Waals surface area contributed by atoms with Crippen LogP contribution in [0.25, 0.3) is 0 Å². The predicted octanol–water partition coefficient (Wildman–Crippen LogP) is 0.0338. The van der Waals surface area contributed by atoms with Crippen molar-refractivity contribution in [2.24, 2.45) is 0 Å². The predicted molar refractivity (Wildman–Crippen MR) is 51.6 cm³/mol. The van der Waals surface area contributed by atoms with Gasteiger partial charge in [0.15, 0.2) is 0 Å². The minimum absolute atomic E-state index is 0.272. The molecule has 0 saturated heterocycles. The third kappa shape index (κ3) is 3.26. The molecule has 6 nitrogen and oxygen atoms in total. The Bertz CT molecular complexity index is 316. The zero-order chi connectivity index (χ0) is 10.4. The molecule has 76 valence electrons. The fraction of sp³-hybridized carbons (Fsp3) is 0.375. The number of anilines is 2. The third-order valence-corrected chi connectivity index (χ3v) is 1.52. The highest BCUT2D eigenvalue weighted by Gasteiger charge is 2.00. The maximum absolute atomic E-state index is 10.7. The van der Waals surface area contributed by atoms with E-state index in [2.05, 4.69) is 20.0 Å². The Morgan fingerprint density at radius 3 is 3.14 bits per heavy atom. The van der Waals surface area contributed by atoms with Gasteiger partial charge in [-0.3, -0.25) is 4.79 Å². The van der Waals surface area contributed by atoms with Crippen molar-refractivity contribution in [2.45, 2.75) is 6.42 Å². The number of methoxy groups -OCH3 is 1. The summed E-state index contributed by atoms with van der Waals surface area (Å²) in [6, 6.07) is 1.59. The van der Waals surface area contributed by atoms with Crippen molar-refractivity contribution in [3.63, 3.8) is 0 Å². The Kier molecular flexibility index (Phi) is 3.66. The summed E-state index contributed by atoms with van der Waals surface area (Å²) in [4.78, 5) is 18.5. The third-order valence-electron chi connectivity index (χ3n) is 1.52. The first-order chi connectivity index (χ1) is 6.72. The first-order valence-electron chi connectivity index (χ1n) is 4.11. The van der Waals surface area contributed by atoms with Gasteiger partial charge in [-0.15, -0.1) is 0 Å². The summed E-state index contributed by atoms with van der Waals surface area (Å²) < 4.78 is 4.47. The van der Waals surface area contributed by atoms with Crippen LogP contribution in [0.3, 0.4) is 0 Å². The van der Waals surface area contributed by atoms with Gasteiger partial charge >= 0.3 is 5.97 Å². The van der Waals surface area contributed by atoms with E-state index in [9.17, 15) is 4.79 Å². The molecule has 1 aromatic heterocycles. The lowest BCUT2D eigenvalue weighted by Crippen LogP contribution is -2.11. The summed E-state index contributed by atoms with van der Waals surface area (Å²) in [6.07, 6.45) is 1.82. The minimum Gasteiger partial charge on any atom is -0.469 e. The Morgan fingerprint density at radius 1 is 1.71 bits per heavy atom. The van der Waals surface area contributed by atoms with Crippen molar-refractivity contribution in [3.8, 4) is 0 Å². The van der Waals surface area contributed by atoms with E-state index in [1.54, 1.807) is 12.3 Å². The van der Waals surface area contributed by atoms with Crippen LogP contribution in [-0.4, -0.2) is 29.6 Å². The number of hydrogen-bond acceptors (Lipinski definition) is 6. The molecule has 0 bridgehead atoms. The lowest BCUT2D eigenvalue weighted by Gasteiger charge is -2.03. The Morgan fingerprint density at radius 2 is 2.50 bits per heavy atom. The standard InChI is InChI=1S/C8H12N4O2/c1-14-7(13)3-5-11-8-10-4-2-6(9)12-8/h2,4H,3,5H2,1H3,(H3,9,10,11,12). The second-order valence-corrected chi connectivity index (χ2v) is 2.56. The van der Waals surface area contributed by atoms with Gasteiger partial charge in [0.1, 0.15) is 5.82 Å². The summed E-state index contributed by atoms with van der Waals surface area (Å²) >= 11 is 0. The molecule has 0 radical (unpaired) electrons. The molecule has 0 amide bonds. The van der Waals surface area contributed by atoms with Crippen molar-refractivity contribution in [1.29, 1.82) is 0 Å². The van der Waals surface area contributed by atoms with Gasteiger partial charge in [-0.2, -0.15) is 4.98 Å². The molecular weight excluding hydrogens is 184 g/mol. The molecule has 0 aliphatic rings. The molecule has 1 rings (SSSR count). The number of carbonyl (C=O) groups excluding carboxylic acids is 1. The molecule has 1 heterocycles. The highest BCUT2D eigenvalue weighted by Crippen LogP contribution is 2.00. The Balaban J connectivity index is 2.35. The summed E-state index contributed by atoms with van der Waals surface area (Å²) in [7, 11) is 1.35. The van der Waals surface area contributed by atoms with Crippen molar-refractivity contribution in [1.82, 2.24) is 9.97 Å². The Hall–Kier alpha value is -1.85. The van der Waals surface area contributed by atoms with Crippen molar-refractivity contribution in [2.75, 3.05) is 24.7 Å². The quantitative estimate of drug-likeness (QED) is 0.660. The van der Waals surface area contributed by atoms with Crippen LogP contribution in [0, 0.1) is 0 Å². The normalized spacial score (nSPS) is 9.50. The van der Waals surface area contributed by atoms with Gasteiger partial charge < -0.3 is 15.8 Å². The molecular formula is C8H12N4O2. The number of nitrogens with one attached hydrogen (secondary N) is 1. The summed E-state index contributed by atoms with van der Waals surface area (Å²) in [6.45, 7) is 0.427. The molecule has 0 fully saturated rings. The molecule has 0 atom stereocenters. The van der Waals surface area contributed by atoms with E-state index < -0.39 is 0 Å². The van der Waals surface area contributed by atoms with Gasteiger partial charge in [-0.05, 0) is 6.07 Å². The van der Waals surface area contributed by atoms with Crippen LogP contribution in [-0.2, 0) is 9.53 Å². The molecule has 1 aromatic rings. The molecule has 0 spiro atoms. The summed E-state index contributed by atoms with van der Waals surface area (Å²) in [5.74, 6) is 0.524. The van der Waals surface area contributed by atoms with Gasteiger partial charge in [0, 0.05) is 12.7 Å². The lowest BCUT2D eigenvalue weighted by atomic mass is 10.4. The zero-order valence-electron chi connectivity index (χ0n) is 7.86. The molecule has 6 heteroatoms. The maximum atomic E-state index is 10.7. The highest BCUT2D eigenvalue weighted by molar-refractivity contribution is 5.69. The van der Waals surface area contributed by atoms with Crippen LogP contribution >= 0.6 is 0 Å². The molecule has 0 saturated carbocycles. The van der Waals surface area contributed by atoms with E-state index in [1.165, 1.54) is 7.11 Å². The number of nitrogen functional groups attached to an aromatic ring is 1. The SMILES string of the molecule is COC(=O)CCNc1nccc(N)n1. The first-order valence-corrected chi connectivity index (χ1v) is 4.11. The van der Waals surface area contributed by atoms with Gasteiger partial charge in [-0.25, -0.2) is 4.98 Å².